The number of hydrogen-bond donors (Lipinski definition) is 1. The molecule has 1 fully saturated rings. The summed E-state index contributed by atoms with van der Waals surface area (Å²) in [6.45, 7) is 10.5. The highest BCUT2D eigenvalue weighted by atomic mass is 14.9. The molecule has 0 aromatic heterocycles. The number of rotatable bonds is 9. The Hall–Kier alpha value is -0.0400. The van der Waals surface area contributed by atoms with Crippen molar-refractivity contribution in [1.82, 2.24) is 5.32 Å². The molecule has 1 aliphatic rings. The van der Waals surface area contributed by atoms with Crippen molar-refractivity contribution in [3.05, 3.63) is 0 Å². The van der Waals surface area contributed by atoms with E-state index in [4.69, 9.17) is 0 Å². The summed E-state index contributed by atoms with van der Waals surface area (Å²) in [5.41, 5.74) is 0. The third kappa shape index (κ3) is 6.29. The molecule has 0 spiro atoms. The molecule has 1 saturated carbocycles. The molecule has 0 aromatic carbocycles. The molecule has 19 heavy (non-hydrogen) atoms. The molecule has 1 rings (SSSR count). The van der Waals surface area contributed by atoms with Gasteiger partial charge in [-0.1, -0.05) is 66.2 Å². The Kier molecular flexibility index (Phi) is 8.77. The van der Waals surface area contributed by atoms with Gasteiger partial charge in [-0.2, -0.15) is 0 Å². The van der Waals surface area contributed by atoms with Crippen molar-refractivity contribution in [3.63, 3.8) is 0 Å². The van der Waals surface area contributed by atoms with E-state index in [0.29, 0.717) is 0 Å². The Morgan fingerprint density at radius 2 is 1.74 bits per heavy atom. The van der Waals surface area contributed by atoms with E-state index in [1.165, 1.54) is 57.8 Å². The topological polar surface area (TPSA) is 12.0 Å². The van der Waals surface area contributed by atoms with Gasteiger partial charge in [-0.15, -0.1) is 0 Å². The zero-order chi connectivity index (χ0) is 14.1. The van der Waals surface area contributed by atoms with E-state index >= 15 is 0 Å². The van der Waals surface area contributed by atoms with Gasteiger partial charge in [0.05, 0.1) is 0 Å². The van der Waals surface area contributed by atoms with Crippen molar-refractivity contribution in [2.45, 2.75) is 91.5 Å². The van der Waals surface area contributed by atoms with Crippen LogP contribution >= 0.6 is 0 Å². The predicted octanol–water partition coefficient (Wildman–Crippen LogP) is 5.40. The van der Waals surface area contributed by atoms with Crippen LogP contribution in [0.1, 0.15) is 85.5 Å². The van der Waals surface area contributed by atoms with Crippen molar-refractivity contribution >= 4 is 0 Å². The molecule has 0 heterocycles. The van der Waals surface area contributed by atoms with Crippen LogP contribution in [0, 0.1) is 17.8 Å². The van der Waals surface area contributed by atoms with Crippen LogP contribution in [-0.4, -0.2) is 12.6 Å². The third-order valence-electron chi connectivity index (χ3n) is 5.23. The first-order valence-electron chi connectivity index (χ1n) is 8.94. The van der Waals surface area contributed by atoms with Crippen molar-refractivity contribution in [1.29, 1.82) is 0 Å². The normalized spacial score (nSPS) is 27.2. The highest BCUT2D eigenvalue weighted by Gasteiger charge is 2.27. The van der Waals surface area contributed by atoms with E-state index < -0.39 is 0 Å². The fourth-order valence-electron chi connectivity index (χ4n) is 3.73. The maximum absolute atomic E-state index is 3.81. The zero-order valence-electron chi connectivity index (χ0n) is 13.9. The summed E-state index contributed by atoms with van der Waals surface area (Å²) in [6.07, 6.45) is 12.8. The van der Waals surface area contributed by atoms with Gasteiger partial charge in [0.1, 0.15) is 0 Å². The van der Waals surface area contributed by atoms with Crippen LogP contribution in [0.3, 0.4) is 0 Å². The maximum atomic E-state index is 3.81. The summed E-state index contributed by atoms with van der Waals surface area (Å²) >= 11 is 0. The van der Waals surface area contributed by atoms with Crippen molar-refractivity contribution in [3.8, 4) is 0 Å². The number of nitrogens with one attached hydrogen (secondary N) is 1. The van der Waals surface area contributed by atoms with E-state index in [2.05, 4.69) is 33.0 Å². The molecule has 2 unspecified atom stereocenters. The maximum Gasteiger partial charge on any atom is 0.00978 e. The summed E-state index contributed by atoms with van der Waals surface area (Å²) in [4.78, 5) is 0. The van der Waals surface area contributed by atoms with Crippen LogP contribution < -0.4 is 5.32 Å². The molecular formula is C18H37N. The smallest absolute Gasteiger partial charge is 0.00978 e. The third-order valence-corrected chi connectivity index (χ3v) is 5.23. The summed E-state index contributed by atoms with van der Waals surface area (Å²) < 4.78 is 0. The van der Waals surface area contributed by atoms with Gasteiger partial charge in [-0.25, -0.2) is 0 Å². The monoisotopic (exact) mass is 267 g/mol. The van der Waals surface area contributed by atoms with Crippen LogP contribution in [0.5, 0.6) is 0 Å². The second kappa shape index (κ2) is 9.80. The molecule has 1 aliphatic carbocycles. The molecule has 0 radical (unpaired) electrons. The minimum atomic E-state index is 0.791. The largest absolute Gasteiger partial charge is 0.314 e. The van der Waals surface area contributed by atoms with Gasteiger partial charge < -0.3 is 5.32 Å². The van der Waals surface area contributed by atoms with Gasteiger partial charge >= 0.3 is 0 Å². The lowest BCUT2D eigenvalue weighted by Gasteiger charge is -2.35. The van der Waals surface area contributed by atoms with Gasteiger partial charge in [-0.05, 0) is 43.6 Å². The van der Waals surface area contributed by atoms with E-state index in [1.54, 1.807) is 0 Å². The van der Waals surface area contributed by atoms with E-state index in [-0.39, 0.29) is 0 Å². The molecule has 0 bridgehead atoms. The summed E-state index contributed by atoms with van der Waals surface area (Å²) in [5.74, 6) is 2.87. The second-order valence-corrected chi connectivity index (χ2v) is 6.84. The highest BCUT2D eigenvalue weighted by molar-refractivity contribution is 4.82. The quantitative estimate of drug-likeness (QED) is 0.590. The summed E-state index contributed by atoms with van der Waals surface area (Å²) in [7, 11) is 0. The Morgan fingerprint density at radius 1 is 1.05 bits per heavy atom. The van der Waals surface area contributed by atoms with Gasteiger partial charge in [0.15, 0.2) is 0 Å². The molecule has 0 saturated heterocycles. The van der Waals surface area contributed by atoms with Crippen LogP contribution in [-0.2, 0) is 0 Å². The Bertz CT molecular complexity index is 206. The Labute approximate surface area is 121 Å². The standard InChI is InChI=1S/C18H37N/c1-5-8-9-16(6-2)14-18(19-7-3)17-12-10-15(4)11-13-17/h15-19H,5-14H2,1-4H3. The van der Waals surface area contributed by atoms with Crippen LogP contribution in [0.15, 0.2) is 0 Å². The van der Waals surface area contributed by atoms with E-state index in [0.717, 1.165) is 30.3 Å². The van der Waals surface area contributed by atoms with Gasteiger partial charge in [0.25, 0.3) is 0 Å². The number of unbranched alkanes of at least 4 members (excludes halogenated alkanes) is 1. The molecule has 1 heteroatoms. The minimum absolute atomic E-state index is 0.791. The SMILES string of the molecule is CCCCC(CC)CC(NCC)C1CCC(C)CC1. The fraction of sp³-hybridized carbons (Fsp3) is 1.00. The average molecular weight is 268 g/mol. The molecule has 2 atom stereocenters. The van der Waals surface area contributed by atoms with Crippen LogP contribution in [0.4, 0.5) is 0 Å². The van der Waals surface area contributed by atoms with Crippen molar-refractivity contribution in [2.75, 3.05) is 6.54 Å². The first-order chi connectivity index (χ1) is 9.21. The molecule has 0 aromatic rings. The first-order valence-corrected chi connectivity index (χ1v) is 8.94. The molecule has 0 aliphatic heterocycles. The Balaban J connectivity index is 2.45. The van der Waals surface area contributed by atoms with Crippen LogP contribution in [0.2, 0.25) is 0 Å². The summed E-state index contributed by atoms with van der Waals surface area (Å²) in [6, 6.07) is 0.791. The van der Waals surface area contributed by atoms with Gasteiger partial charge in [0, 0.05) is 6.04 Å². The fourth-order valence-corrected chi connectivity index (χ4v) is 3.73. The van der Waals surface area contributed by atoms with Gasteiger partial charge in [-0.3, -0.25) is 0 Å². The van der Waals surface area contributed by atoms with Crippen molar-refractivity contribution in [2.24, 2.45) is 17.8 Å². The second-order valence-electron chi connectivity index (χ2n) is 6.84. The highest BCUT2D eigenvalue weighted by Crippen LogP contribution is 2.33. The molecule has 114 valence electrons. The molecule has 0 amide bonds. The lowest BCUT2D eigenvalue weighted by atomic mass is 9.76. The summed E-state index contributed by atoms with van der Waals surface area (Å²) in [5, 5.41) is 3.81. The van der Waals surface area contributed by atoms with Crippen LogP contribution in [0.25, 0.3) is 0 Å². The minimum Gasteiger partial charge on any atom is -0.314 e. The van der Waals surface area contributed by atoms with Gasteiger partial charge in [0.2, 0.25) is 0 Å². The van der Waals surface area contributed by atoms with E-state index in [1.807, 2.05) is 0 Å². The lowest BCUT2D eigenvalue weighted by Crippen LogP contribution is -2.39. The predicted molar refractivity (Wildman–Crippen MR) is 86.5 cm³/mol. The first kappa shape index (κ1) is 17.0. The van der Waals surface area contributed by atoms with Crippen molar-refractivity contribution < 1.29 is 0 Å². The average Bonchev–Trinajstić information content (AvgIpc) is 2.43. The molecular weight excluding hydrogens is 230 g/mol. The van der Waals surface area contributed by atoms with E-state index in [9.17, 15) is 0 Å². The zero-order valence-corrected chi connectivity index (χ0v) is 13.9. The lowest BCUT2D eigenvalue weighted by molar-refractivity contribution is 0.202. The molecule has 1 nitrogen and oxygen atoms in total. The molecule has 1 N–H and O–H groups in total. The Morgan fingerprint density at radius 3 is 2.26 bits per heavy atom. The number of hydrogen-bond acceptors (Lipinski definition) is 1.